The van der Waals surface area contributed by atoms with Crippen molar-refractivity contribution in [2.45, 2.75) is 26.7 Å². The molecule has 2 rings (SSSR count). The minimum atomic E-state index is 0.733. The smallest absolute Gasteiger partial charge is 0.144 e. The molecular formula is C13H22N4. The van der Waals surface area contributed by atoms with Gasteiger partial charge in [-0.05, 0) is 46.2 Å². The molecule has 4 heteroatoms. The van der Waals surface area contributed by atoms with Crippen molar-refractivity contribution in [3.63, 3.8) is 0 Å². The van der Waals surface area contributed by atoms with Gasteiger partial charge in [-0.3, -0.25) is 4.98 Å². The summed E-state index contributed by atoms with van der Waals surface area (Å²) >= 11 is 0. The molecule has 1 fully saturated rings. The highest BCUT2D eigenvalue weighted by Gasteiger charge is 2.16. The summed E-state index contributed by atoms with van der Waals surface area (Å²) in [6.07, 6.45) is 4.45. The largest absolute Gasteiger partial charge is 0.368 e. The van der Waals surface area contributed by atoms with Crippen molar-refractivity contribution >= 4 is 5.82 Å². The van der Waals surface area contributed by atoms with Crippen molar-refractivity contribution in [1.82, 2.24) is 14.9 Å². The minimum absolute atomic E-state index is 0.733. The monoisotopic (exact) mass is 234 g/mol. The summed E-state index contributed by atoms with van der Waals surface area (Å²) in [5.74, 6) is 1.64. The van der Waals surface area contributed by atoms with Crippen molar-refractivity contribution in [1.29, 1.82) is 0 Å². The Morgan fingerprint density at radius 1 is 1.41 bits per heavy atom. The van der Waals surface area contributed by atoms with Gasteiger partial charge >= 0.3 is 0 Å². The Labute approximate surface area is 103 Å². The normalized spacial score (nSPS) is 21.5. The van der Waals surface area contributed by atoms with Crippen LogP contribution in [-0.2, 0) is 0 Å². The third-order valence-electron chi connectivity index (χ3n) is 3.49. The fraction of sp³-hybridized carbons (Fsp3) is 0.692. The van der Waals surface area contributed by atoms with Crippen LogP contribution in [0.4, 0.5) is 5.82 Å². The van der Waals surface area contributed by atoms with Crippen LogP contribution < -0.4 is 5.32 Å². The zero-order valence-corrected chi connectivity index (χ0v) is 11.0. The molecule has 1 aliphatic rings. The summed E-state index contributed by atoms with van der Waals surface area (Å²) < 4.78 is 0. The van der Waals surface area contributed by atoms with Crippen molar-refractivity contribution in [2.75, 3.05) is 32.0 Å². The van der Waals surface area contributed by atoms with E-state index in [1.807, 2.05) is 20.0 Å². The molecule has 0 aliphatic carbocycles. The van der Waals surface area contributed by atoms with Crippen LogP contribution in [0.2, 0.25) is 0 Å². The molecule has 0 aromatic carbocycles. The molecule has 1 aromatic heterocycles. The predicted molar refractivity (Wildman–Crippen MR) is 70.2 cm³/mol. The molecule has 17 heavy (non-hydrogen) atoms. The highest BCUT2D eigenvalue weighted by molar-refractivity contribution is 5.33. The van der Waals surface area contributed by atoms with Crippen LogP contribution >= 0.6 is 0 Å². The SMILES string of the molecule is Cc1ncc(NCC2CCCN(C)C2)nc1C. The first kappa shape index (κ1) is 12.3. The zero-order chi connectivity index (χ0) is 12.3. The van der Waals surface area contributed by atoms with Crippen molar-refractivity contribution < 1.29 is 0 Å². The molecule has 1 atom stereocenters. The Morgan fingerprint density at radius 3 is 2.94 bits per heavy atom. The van der Waals surface area contributed by atoms with Crippen LogP contribution in [0, 0.1) is 19.8 Å². The fourth-order valence-corrected chi connectivity index (χ4v) is 2.32. The molecule has 1 N–H and O–H groups in total. The lowest BCUT2D eigenvalue weighted by Gasteiger charge is -2.29. The van der Waals surface area contributed by atoms with E-state index in [2.05, 4.69) is 27.2 Å². The number of anilines is 1. The van der Waals surface area contributed by atoms with Gasteiger partial charge in [-0.15, -0.1) is 0 Å². The maximum atomic E-state index is 4.49. The second kappa shape index (κ2) is 5.45. The first-order valence-corrected chi connectivity index (χ1v) is 6.38. The van der Waals surface area contributed by atoms with Gasteiger partial charge in [-0.25, -0.2) is 4.98 Å². The van der Waals surface area contributed by atoms with E-state index in [1.54, 1.807) is 0 Å². The lowest BCUT2D eigenvalue weighted by atomic mass is 9.98. The Bertz CT molecular complexity index is 378. The van der Waals surface area contributed by atoms with Crippen LogP contribution in [0.25, 0.3) is 0 Å². The number of aromatic nitrogens is 2. The van der Waals surface area contributed by atoms with Gasteiger partial charge in [0.2, 0.25) is 0 Å². The Kier molecular flexibility index (Phi) is 3.94. The quantitative estimate of drug-likeness (QED) is 0.866. The number of nitrogens with zero attached hydrogens (tertiary/aromatic N) is 3. The standard InChI is InChI=1S/C13H22N4/c1-10-11(2)16-13(8-14-10)15-7-12-5-4-6-17(3)9-12/h8,12H,4-7,9H2,1-3H3,(H,15,16). The zero-order valence-electron chi connectivity index (χ0n) is 11.0. The van der Waals surface area contributed by atoms with E-state index in [0.29, 0.717) is 0 Å². The van der Waals surface area contributed by atoms with E-state index in [0.717, 1.165) is 29.7 Å². The summed E-state index contributed by atoms with van der Waals surface area (Å²) in [5.41, 5.74) is 2.02. The Hall–Kier alpha value is -1.16. The molecule has 1 unspecified atom stereocenters. The van der Waals surface area contributed by atoms with Gasteiger partial charge in [0.25, 0.3) is 0 Å². The molecule has 0 bridgehead atoms. The van der Waals surface area contributed by atoms with Gasteiger partial charge in [0.05, 0.1) is 17.6 Å². The third kappa shape index (κ3) is 3.40. The molecule has 2 heterocycles. The summed E-state index contributed by atoms with van der Waals surface area (Å²) in [4.78, 5) is 11.2. The maximum absolute atomic E-state index is 4.49. The third-order valence-corrected chi connectivity index (χ3v) is 3.49. The molecule has 0 saturated carbocycles. The maximum Gasteiger partial charge on any atom is 0.144 e. The highest BCUT2D eigenvalue weighted by atomic mass is 15.1. The number of rotatable bonds is 3. The number of piperidine rings is 1. The number of nitrogens with one attached hydrogen (secondary N) is 1. The second-order valence-corrected chi connectivity index (χ2v) is 5.08. The lowest BCUT2D eigenvalue weighted by molar-refractivity contribution is 0.217. The number of hydrogen-bond acceptors (Lipinski definition) is 4. The summed E-state index contributed by atoms with van der Waals surface area (Å²) in [5, 5.41) is 3.40. The first-order valence-electron chi connectivity index (χ1n) is 6.38. The molecule has 1 saturated heterocycles. The molecule has 1 aromatic rings. The van der Waals surface area contributed by atoms with Crippen molar-refractivity contribution in [3.8, 4) is 0 Å². The molecule has 4 nitrogen and oxygen atoms in total. The summed E-state index contributed by atoms with van der Waals surface area (Å²) in [6.45, 7) is 7.41. The Morgan fingerprint density at radius 2 is 2.24 bits per heavy atom. The van der Waals surface area contributed by atoms with Crippen LogP contribution in [0.1, 0.15) is 24.2 Å². The fourth-order valence-electron chi connectivity index (χ4n) is 2.32. The van der Waals surface area contributed by atoms with E-state index in [9.17, 15) is 0 Å². The van der Waals surface area contributed by atoms with Gasteiger partial charge in [-0.1, -0.05) is 0 Å². The van der Waals surface area contributed by atoms with Gasteiger partial charge in [0, 0.05) is 13.1 Å². The lowest BCUT2D eigenvalue weighted by Crippen LogP contribution is -2.35. The molecule has 0 amide bonds. The summed E-state index contributed by atoms with van der Waals surface area (Å²) in [6, 6.07) is 0. The van der Waals surface area contributed by atoms with Gasteiger partial charge < -0.3 is 10.2 Å². The van der Waals surface area contributed by atoms with E-state index in [4.69, 9.17) is 0 Å². The average Bonchev–Trinajstić information content (AvgIpc) is 2.31. The molecule has 1 aliphatic heterocycles. The molecule has 94 valence electrons. The second-order valence-electron chi connectivity index (χ2n) is 5.08. The topological polar surface area (TPSA) is 41.1 Å². The van der Waals surface area contributed by atoms with Gasteiger partial charge in [0.15, 0.2) is 0 Å². The van der Waals surface area contributed by atoms with Crippen molar-refractivity contribution in [2.24, 2.45) is 5.92 Å². The average molecular weight is 234 g/mol. The van der Waals surface area contributed by atoms with Crippen molar-refractivity contribution in [3.05, 3.63) is 17.6 Å². The molecular weight excluding hydrogens is 212 g/mol. The Balaban J connectivity index is 1.86. The summed E-state index contributed by atoms with van der Waals surface area (Å²) in [7, 11) is 2.20. The van der Waals surface area contributed by atoms with E-state index in [1.165, 1.54) is 25.9 Å². The number of hydrogen-bond donors (Lipinski definition) is 1. The van der Waals surface area contributed by atoms with Crippen LogP contribution in [-0.4, -0.2) is 41.5 Å². The van der Waals surface area contributed by atoms with Crippen LogP contribution in [0.5, 0.6) is 0 Å². The first-order chi connectivity index (χ1) is 8.15. The number of likely N-dealkylation sites (tertiary alicyclic amines) is 1. The highest BCUT2D eigenvalue weighted by Crippen LogP contribution is 2.15. The minimum Gasteiger partial charge on any atom is -0.368 e. The number of aryl methyl sites for hydroxylation is 2. The van der Waals surface area contributed by atoms with E-state index < -0.39 is 0 Å². The van der Waals surface area contributed by atoms with Gasteiger partial charge in [0.1, 0.15) is 5.82 Å². The molecule has 0 radical (unpaired) electrons. The predicted octanol–water partition coefficient (Wildman–Crippen LogP) is 1.85. The van der Waals surface area contributed by atoms with E-state index in [-0.39, 0.29) is 0 Å². The van der Waals surface area contributed by atoms with E-state index >= 15 is 0 Å². The van der Waals surface area contributed by atoms with Crippen LogP contribution in [0.3, 0.4) is 0 Å². The molecule has 0 spiro atoms. The van der Waals surface area contributed by atoms with Crippen LogP contribution in [0.15, 0.2) is 6.20 Å². The van der Waals surface area contributed by atoms with Gasteiger partial charge in [-0.2, -0.15) is 0 Å².